The summed E-state index contributed by atoms with van der Waals surface area (Å²) in [6.07, 6.45) is 1.48. The number of nitrogens with zero attached hydrogens (tertiary/aromatic N) is 1. The zero-order chi connectivity index (χ0) is 30.2. The molecular weight excluding hydrogens is 632 g/mol. The van der Waals surface area contributed by atoms with E-state index >= 15 is 0 Å². The van der Waals surface area contributed by atoms with Gasteiger partial charge < -0.3 is 24.9 Å². The Morgan fingerprint density at radius 1 is 0.907 bits per heavy atom. The number of benzene rings is 3. The van der Waals surface area contributed by atoms with Crippen LogP contribution in [0.1, 0.15) is 21.9 Å². The highest BCUT2D eigenvalue weighted by Gasteiger charge is 2.17. The maximum Gasteiger partial charge on any atom is 0.272 e. The van der Waals surface area contributed by atoms with Crippen molar-refractivity contribution in [2.75, 3.05) is 16.4 Å². The maximum atomic E-state index is 13.4. The third kappa shape index (κ3) is 8.34. The molecule has 0 fully saturated rings. The predicted molar refractivity (Wildman–Crippen MR) is 169 cm³/mol. The molecule has 3 amide bonds. The van der Waals surface area contributed by atoms with Gasteiger partial charge in [-0.15, -0.1) is 11.8 Å². The number of aromatic nitrogens is 1. The first-order valence-corrected chi connectivity index (χ1v) is 14.8. The fraction of sp³-hybridized carbons (Fsp3) is 0.0625. The van der Waals surface area contributed by atoms with Crippen LogP contribution >= 0.6 is 27.7 Å². The lowest BCUT2D eigenvalue weighted by Gasteiger charge is -2.11. The van der Waals surface area contributed by atoms with E-state index in [2.05, 4.69) is 37.0 Å². The van der Waals surface area contributed by atoms with Gasteiger partial charge in [0.15, 0.2) is 5.82 Å². The number of halogens is 1. The van der Waals surface area contributed by atoms with E-state index in [1.54, 1.807) is 79.7 Å². The van der Waals surface area contributed by atoms with E-state index < -0.39 is 11.8 Å². The minimum Gasteiger partial charge on any atom is -0.457 e. The molecule has 0 aliphatic rings. The van der Waals surface area contributed by atoms with Crippen LogP contribution in [-0.4, -0.2) is 28.6 Å². The topological polar surface area (TPSA) is 126 Å². The van der Waals surface area contributed by atoms with Crippen molar-refractivity contribution in [3.63, 3.8) is 0 Å². The largest absolute Gasteiger partial charge is 0.457 e. The van der Waals surface area contributed by atoms with Crippen LogP contribution < -0.4 is 16.0 Å². The molecule has 0 spiro atoms. The van der Waals surface area contributed by atoms with Crippen LogP contribution in [0.2, 0.25) is 0 Å². The van der Waals surface area contributed by atoms with E-state index in [-0.39, 0.29) is 17.4 Å². The van der Waals surface area contributed by atoms with Gasteiger partial charge in [-0.1, -0.05) is 51.4 Å². The number of amides is 3. The van der Waals surface area contributed by atoms with E-state index in [0.717, 1.165) is 14.9 Å². The predicted octanol–water partition coefficient (Wildman–Crippen LogP) is 7.15. The molecule has 5 rings (SSSR count). The zero-order valence-corrected chi connectivity index (χ0v) is 25.2. The first-order valence-electron chi connectivity index (χ1n) is 13.0. The van der Waals surface area contributed by atoms with Crippen molar-refractivity contribution in [2.45, 2.75) is 11.8 Å². The molecule has 0 saturated carbocycles. The highest BCUT2D eigenvalue weighted by Crippen LogP contribution is 2.25. The summed E-state index contributed by atoms with van der Waals surface area (Å²) < 4.78 is 11.9. The molecule has 0 radical (unpaired) electrons. The van der Waals surface area contributed by atoms with Gasteiger partial charge in [-0.05, 0) is 67.6 Å². The molecule has 0 bridgehead atoms. The summed E-state index contributed by atoms with van der Waals surface area (Å²) in [7, 11) is 0. The quantitative estimate of drug-likeness (QED) is 0.108. The van der Waals surface area contributed by atoms with Gasteiger partial charge in [-0.3, -0.25) is 14.4 Å². The summed E-state index contributed by atoms with van der Waals surface area (Å²) in [4.78, 5) is 39.3. The van der Waals surface area contributed by atoms with Gasteiger partial charge in [0.05, 0.1) is 5.75 Å². The molecule has 216 valence electrons. The number of aryl methyl sites for hydroxylation is 1. The number of thioether (sulfide) groups is 1. The number of anilines is 2. The minimum atomic E-state index is -0.534. The third-order valence-corrected chi connectivity index (χ3v) is 7.49. The Morgan fingerprint density at radius 2 is 1.65 bits per heavy atom. The number of furan rings is 1. The van der Waals surface area contributed by atoms with Crippen molar-refractivity contribution in [3.8, 4) is 11.3 Å². The molecular formula is C32H25BrN4O5S. The van der Waals surface area contributed by atoms with Crippen LogP contribution in [0.5, 0.6) is 0 Å². The second-order valence-electron chi connectivity index (χ2n) is 9.23. The van der Waals surface area contributed by atoms with Crippen molar-refractivity contribution in [1.29, 1.82) is 0 Å². The Bertz CT molecular complexity index is 1760. The molecule has 0 unspecified atom stereocenters. The molecule has 0 atom stereocenters. The van der Waals surface area contributed by atoms with Crippen molar-refractivity contribution in [3.05, 3.63) is 124 Å². The minimum absolute atomic E-state index is 0.00350. The molecule has 43 heavy (non-hydrogen) atoms. The summed E-state index contributed by atoms with van der Waals surface area (Å²) >= 11 is 4.75. The Hall–Kier alpha value is -4.87. The Balaban J connectivity index is 1.27. The van der Waals surface area contributed by atoms with Crippen LogP contribution in [0, 0.1) is 6.92 Å². The molecule has 11 heteroatoms. The number of rotatable bonds is 10. The Labute approximate surface area is 259 Å². The average molecular weight is 658 g/mol. The summed E-state index contributed by atoms with van der Waals surface area (Å²) in [5.41, 5.74) is 1.78. The molecule has 0 saturated heterocycles. The molecule has 9 nitrogen and oxygen atoms in total. The molecule has 5 aromatic rings. The Morgan fingerprint density at radius 3 is 2.35 bits per heavy atom. The monoisotopic (exact) mass is 656 g/mol. The van der Waals surface area contributed by atoms with Gasteiger partial charge in [0.25, 0.3) is 11.8 Å². The number of carbonyl (C=O) groups excluding carboxylic acids is 3. The summed E-state index contributed by atoms with van der Waals surface area (Å²) in [6.45, 7) is 1.74. The van der Waals surface area contributed by atoms with Crippen LogP contribution in [0.4, 0.5) is 11.5 Å². The lowest BCUT2D eigenvalue weighted by molar-refractivity contribution is -0.114. The van der Waals surface area contributed by atoms with E-state index in [1.165, 1.54) is 17.8 Å². The molecule has 3 N–H and O–H groups in total. The van der Waals surface area contributed by atoms with Gasteiger partial charge in [0.2, 0.25) is 5.91 Å². The van der Waals surface area contributed by atoms with Crippen LogP contribution in [0.3, 0.4) is 0 Å². The normalized spacial score (nSPS) is 11.2. The smallest absolute Gasteiger partial charge is 0.272 e. The van der Waals surface area contributed by atoms with Gasteiger partial charge in [0.1, 0.15) is 23.0 Å². The van der Waals surface area contributed by atoms with E-state index in [0.29, 0.717) is 34.3 Å². The van der Waals surface area contributed by atoms with Crippen LogP contribution in [0.15, 0.2) is 121 Å². The molecule has 2 aromatic heterocycles. The number of hydrogen-bond donors (Lipinski definition) is 3. The van der Waals surface area contributed by atoms with Crippen molar-refractivity contribution >= 4 is 63.0 Å². The second-order valence-corrected chi connectivity index (χ2v) is 11.2. The van der Waals surface area contributed by atoms with Gasteiger partial charge in [-0.2, -0.15) is 0 Å². The molecule has 0 aliphatic carbocycles. The highest BCUT2D eigenvalue weighted by atomic mass is 79.9. The third-order valence-electron chi connectivity index (χ3n) is 5.95. The second kappa shape index (κ2) is 13.9. The van der Waals surface area contributed by atoms with Gasteiger partial charge in [0, 0.05) is 38.3 Å². The fourth-order valence-corrected chi connectivity index (χ4v) is 4.83. The average Bonchev–Trinajstić information content (AvgIpc) is 3.65. The van der Waals surface area contributed by atoms with Crippen molar-refractivity contribution < 1.29 is 23.3 Å². The zero-order valence-electron chi connectivity index (χ0n) is 22.8. The lowest BCUT2D eigenvalue weighted by atomic mass is 10.2. The fourth-order valence-electron chi connectivity index (χ4n) is 3.87. The number of carbonyl (C=O) groups is 3. The van der Waals surface area contributed by atoms with Gasteiger partial charge >= 0.3 is 0 Å². The first-order chi connectivity index (χ1) is 20.8. The SMILES string of the molecule is Cc1cc(NC(=O)CSc2ccc(NC(=O)C(=Cc3ccc(-c4ccc(Br)cc4)o3)NC(=O)c3ccccc3)cc2)no1. The lowest BCUT2D eigenvalue weighted by Crippen LogP contribution is -2.30. The summed E-state index contributed by atoms with van der Waals surface area (Å²) in [5, 5.41) is 11.9. The van der Waals surface area contributed by atoms with Gasteiger partial charge in [-0.25, -0.2) is 0 Å². The summed E-state index contributed by atoms with van der Waals surface area (Å²) in [5.74, 6) is 0.952. The van der Waals surface area contributed by atoms with Crippen molar-refractivity contribution in [2.24, 2.45) is 0 Å². The van der Waals surface area contributed by atoms with Crippen molar-refractivity contribution in [1.82, 2.24) is 10.5 Å². The molecule has 2 heterocycles. The van der Waals surface area contributed by atoms with E-state index in [4.69, 9.17) is 8.94 Å². The summed E-state index contributed by atoms with van der Waals surface area (Å²) in [6, 6.07) is 28.4. The number of nitrogens with one attached hydrogen (secondary N) is 3. The van der Waals surface area contributed by atoms with E-state index in [9.17, 15) is 14.4 Å². The standard InChI is InChI=1S/C32H25BrN4O5S/c1-20-17-29(37-42-20)36-30(38)19-43-26-14-11-24(12-15-26)34-32(40)27(35-31(39)22-5-3-2-4-6-22)18-25-13-16-28(41-25)21-7-9-23(33)10-8-21/h2-18H,19H2,1H3,(H,34,40)(H,35,39)(H,36,37,38). The molecule has 0 aliphatic heterocycles. The van der Waals surface area contributed by atoms with Crippen LogP contribution in [-0.2, 0) is 9.59 Å². The molecule has 3 aromatic carbocycles. The van der Waals surface area contributed by atoms with Crippen LogP contribution in [0.25, 0.3) is 17.4 Å². The first kappa shape index (κ1) is 29.6. The maximum absolute atomic E-state index is 13.4. The van der Waals surface area contributed by atoms with E-state index in [1.807, 2.05) is 24.3 Å². The number of hydrogen-bond acceptors (Lipinski definition) is 7. The highest BCUT2D eigenvalue weighted by molar-refractivity contribution is 9.10. The Kier molecular flexibility index (Phi) is 9.55.